The predicted molar refractivity (Wildman–Crippen MR) is 53.7 cm³/mol. The third-order valence-corrected chi connectivity index (χ3v) is 1.62. The molecule has 0 fully saturated rings. The molecule has 0 N–H and O–H groups in total. The molecule has 0 spiro atoms. The number of nitrogens with zero attached hydrogens (tertiary/aromatic N) is 1. The number of rotatable bonds is 3. The Hall–Kier alpha value is -0.820. The first-order valence-electron chi connectivity index (χ1n) is 4.04. The summed E-state index contributed by atoms with van der Waals surface area (Å²) in [6.45, 7) is 8.21. The standard InChI is InChI=1S/C8H16O2.CHNS/c1-5-8(3,4)6-10-7(2)9;2-1-3/h5-6H2,1-4H3;3H/p-1. The van der Waals surface area contributed by atoms with E-state index in [4.69, 9.17) is 10.00 Å². The average molecular weight is 202 g/mol. The maximum atomic E-state index is 10.4. The van der Waals surface area contributed by atoms with Crippen LogP contribution in [0.15, 0.2) is 0 Å². The van der Waals surface area contributed by atoms with Crippen molar-refractivity contribution in [1.29, 1.82) is 5.26 Å². The smallest absolute Gasteiger partial charge is 0.302 e. The van der Waals surface area contributed by atoms with Crippen molar-refractivity contribution in [3.05, 3.63) is 0 Å². The topological polar surface area (TPSA) is 50.1 Å². The van der Waals surface area contributed by atoms with Gasteiger partial charge in [-0.05, 0) is 11.8 Å². The Kier molecular flexibility index (Phi) is 8.83. The summed E-state index contributed by atoms with van der Waals surface area (Å²) in [5.41, 5.74) is 0.131. The summed E-state index contributed by atoms with van der Waals surface area (Å²) in [6, 6.07) is 0. The lowest BCUT2D eigenvalue weighted by atomic mass is 9.92. The summed E-state index contributed by atoms with van der Waals surface area (Å²) < 4.78 is 4.86. The highest BCUT2D eigenvalue weighted by atomic mass is 32.1. The Labute approximate surface area is 85.5 Å². The van der Waals surface area contributed by atoms with Gasteiger partial charge in [-0.15, -0.1) is 0 Å². The molecule has 0 unspecified atom stereocenters. The molecule has 0 aliphatic heterocycles. The van der Waals surface area contributed by atoms with Crippen LogP contribution in [0.1, 0.15) is 34.1 Å². The van der Waals surface area contributed by atoms with Gasteiger partial charge in [-0.2, -0.15) is 0 Å². The molecule has 0 bridgehead atoms. The first-order valence-corrected chi connectivity index (χ1v) is 4.45. The first kappa shape index (κ1) is 14.7. The van der Waals surface area contributed by atoms with Crippen LogP contribution in [-0.4, -0.2) is 12.6 Å². The molecule has 0 rings (SSSR count). The van der Waals surface area contributed by atoms with E-state index in [9.17, 15) is 4.79 Å². The number of hydrogen-bond donors (Lipinski definition) is 0. The first-order chi connectivity index (χ1) is 5.89. The zero-order valence-electron chi connectivity index (χ0n) is 8.59. The molecule has 0 aliphatic rings. The van der Waals surface area contributed by atoms with Crippen LogP contribution in [-0.2, 0) is 22.2 Å². The van der Waals surface area contributed by atoms with Crippen LogP contribution < -0.4 is 0 Å². The molecule has 0 heterocycles. The second-order valence-electron chi connectivity index (χ2n) is 3.39. The second-order valence-corrected chi connectivity index (χ2v) is 3.57. The predicted octanol–water partition coefficient (Wildman–Crippen LogP) is 2.00. The number of nitriles is 1. The lowest BCUT2D eigenvalue weighted by molar-refractivity contribution is -0.144. The number of ether oxygens (including phenoxy) is 1. The summed E-state index contributed by atoms with van der Waals surface area (Å²) in [5.74, 6) is -0.193. The van der Waals surface area contributed by atoms with E-state index in [2.05, 4.69) is 33.4 Å². The van der Waals surface area contributed by atoms with Crippen LogP contribution in [0.3, 0.4) is 0 Å². The maximum Gasteiger partial charge on any atom is 0.302 e. The molecule has 0 radical (unpaired) electrons. The van der Waals surface area contributed by atoms with Crippen LogP contribution in [0.25, 0.3) is 0 Å². The summed E-state index contributed by atoms with van der Waals surface area (Å²) in [5, 5.41) is 8.47. The molecule has 0 saturated carbocycles. The van der Waals surface area contributed by atoms with Crippen molar-refractivity contribution in [2.75, 3.05) is 6.61 Å². The normalized spacial score (nSPS) is 9.15. The van der Waals surface area contributed by atoms with Gasteiger partial charge in [0.1, 0.15) is 0 Å². The van der Waals surface area contributed by atoms with Crippen molar-refractivity contribution in [3.63, 3.8) is 0 Å². The lowest BCUT2D eigenvalue weighted by Gasteiger charge is -2.21. The molecule has 4 heteroatoms. The van der Waals surface area contributed by atoms with Crippen LogP contribution in [0, 0.1) is 16.1 Å². The molecule has 0 amide bonds. The fraction of sp³-hybridized carbons (Fsp3) is 0.778. The summed E-state index contributed by atoms with van der Waals surface area (Å²) in [4.78, 5) is 10.4. The van der Waals surface area contributed by atoms with E-state index in [1.54, 1.807) is 0 Å². The van der Waals surface area contributed by atoms with Crippen LogP contribution in [0.4, 0.5) is 0 Å². The van der Waals surface area contributed by atoms with Crippen LogP contribution in [0.5, 0.6) is 0 Å². The fourth-order valence-corrected chi connectivity index (χ4v) is 0.399. The third kappa shape index (κ3) is 14.1. The zero-order chi connectivity index (χ0) is 10.9. The van der Waals surface area contributed by atoms with Gasteiger partial charge in [0.25, 0.3) is 0 Å². The Morgan fingerprint density at radius 3 is 2.23 bits per heavy atom. The molecule has 76 valence electrons. The van der Waals surface area contributed by atoms with Crippen molar-refractivity contribution in [2.24, 2.45) is 5.41 Å². The number of carbonyl (C=O) groups excluding carboxylic acids is 1. The molecule has 0 aromatic carbocycles. The van der Waals surface area contributed by atoms with E-state index in [1.807, 2.05) is 0 Å². The number of thiocyanates is 1. The molecule has 0 aromatic heterocycles. The van der Waals surface area contributed by atoms with Gasteiger partial charge < -0.3 is 17.4 Å². The highest BCUT2D eigenvalue weighted by Gasteiger charge is 2.15. The maximum absolute atomic E-state index is 10.4. The fourth-order valence-electron chi connectivity index (χ4n) is 0.399. The van der Waals surface area contributed by atoms with Gasteiger partial charge in [-0.3, -0.25) is 4.79 Å². The van der Waals surface area contributed by atoms with Crippen LogP contribution >= 0.6 is 0 Å². The molecule has 0 aromatic rings. The van der Waals surface area contributed by atoms with Crippen LogP contribution in [0.2, 0.25) is 0 Å². The summed E-state index contributed by atoms with van der Waals surface area (Å²) in [7, 11) is 0. The summed E-state index contributed by atoms with van der Waals surface area (Å²) in [6.07, 6.45) is 1.03. The van der Waals surface area contributed by atoms with Gasteiger partial charge >= 0.3 is 5.97 Å². The van der Waals surface area contributed by atoms with Crippen molar-refractivity contribution < 1.29 is 9.53 Å². The number of carbonyl (C=O) groups is 1. The van der Waals surface area contributed by atoms with E-state index in [0.29, 0.717) is 6.61 Å². The van der Waals surface area contributed by atoms with Gasteiger partial charge in [0, 0.05) is 6.92 Å². The average Bonchev–Trinajstić information content (AvgIpc) is 2.03. The number of esters is 1. The van der Waals surface area contributed by atoms with Gasteiger partial charge in [0.15, 0.2) is 0 Å². The van der Waals surface area contributed by atoms with Gasteiger partial charge in [0.2, 0.25) is 0 Å². The third-order valence-electron chi connectivity index (χ3n) is 1.62. The molecule has 0 atom stereocenters. The van der Waals surface area contributed by atoms with E-state index < -0.39 is 0 Å². The molecule has 0 aliphatic carbocycles. The van der Waals surface area contributed by atoms with E-state index in [1.165, 1.54) is 12.3 Å². The molecule has 13 heavy (non-hydrogen) atoms. The highest BCUT2D eigenvalue weighted by Crippen LogP contribution is 2.19. The Morgan fingerprint density at radius 2 is 2.00 bits per heavy atom. The zero-order valence-corrected chi connectivity index (χ0v) is 9.40. The van der Waals surface area contributed by atoms with Gasteiger partial charge in [-0.1, -0.05) is 26.2 Å². The monoisotopic (exact) mass is 202 g/mol. The van der Waals surface area contributed by atoms with Crippen molar-refractivity contribution in [2.45, 2.75) is 34.1 Å². The minimum absolute atomic E-state index is 0.131. The molecule has 3 nitrogen and oxygen atoms in total. The van der Waals surface area contributed by atoms with Crippen molar-refractivity contribution in [3.8, 4) is 5.40 Å². The van der Waals surface area contributed by atoms with Crippen molar-refractivity contribution in [1.82, 2.24) is 0 Å². The second kappa shape index (κ2) is 7.81. The van der Waals surface area contributed by atoms with Gasteiger partial charge in [-0.25, -0.2) is 5.26 Å². The SMILES string of the molecule is CCC(C)(C)COC(C)=O.N#C[S-]. The number of hydrogen-bond acceptors (Lipinski definition) is 4. The highest BCUT2D eigenvalue weighted by molar-refractivity contribution is 7.64. The summed E-state index contributed by atoms with van der Waals surface area (Å²) >= 11 is 3.70. The Bertz CT molecular complexity index is 185. The van der Waals surface area contributed by atoms with E-state index in [-0.39, 0.29) is 11.4 Å². The molecular formula is C9H16NO2S-. The molecule has 0 saturated heterocycles. The van der Waals surface area contributed by atoms with Gasteiger partial charge in [0.05, 0.1) is 6.61 Å². The Balaban J connectivity index is 0. The van der Waals surface area contributed by atoms with Crippen molar-refractivity contribution >= 4 is 18.6 Å². The minimum atomic E-state index is -0.193. The molecular weight excluding hydrogens is 186 g/mol. The lowest BCUT2D eigenvalue weighted by Crippen LogP contribution is -2.19. The quantitative estimate of drug-likeness (QED) is 0.399. The minimum Gasteiger partial charge on any atom is -0.696 e. The van der Waals surface area contributed by atoms with E-state index in [0.717, 1.165) is 6.42 Å². The van der Waals surface area contributed by atoms with E-state index >= 15 is 0 Å². The Morgan fingerprint density at radius 1 is 1.62 bits per heavy atom. The largest absolute Gasteiger partial charge is 0.696 e.